The molecule has 0 N–H and O–H groups in total. The minimum absolute atomic E-state index is 0.00657. The third kappa shape index (κ3) is 2.83. The number of carbonyl (C=O) groups is 1. The van der Waals surface area contributed by atoms with E-state index in [-0.39, 0.29) is 21.9 Å². The first-order valence-corrected chi connectivity index (χ1v) is 6.07. The molecule has 1 aliphatic rings. The van der Waals surface area contributed by atoms with E-state index in [1.807, 2.05) is 0 Å². The van der Waals surface area contributed by atoms with Crippen molar-refractivity contribution in [2.75, 3.05) is 11.5 Å². The summed E-state index contributed by atoms with van der Waals surface area (Å²) in [5.41, 5.74) is 0. The predicted molar refractivity (Wildman–Crippen MR) is 45.3 cm³/mol. The van der Waals surface area contributed by atoms with Gasteiger partial charge >= 0.3 is 0 Å². The van der Waals surface area contributed by atoms with Crippen LogP contribution in [0.5, 0.6) is 0 Å². The van der Waals surface area contributed by atoms with Crippen LogP contribution in [0.2, 0.25) is 0 Å². The molecule has 1 rings (SSSR count). The highest BCUT2D eigenvalue weighted by Crippen LogP contribution is 2.24. The lowest BCUT2D eigenvalue weighted by Gasteiger charge is -2.00. The summed E-state index contributed by atoms with van der Waals surface area (Å²) in [6, 6.07) is 0. The van der Waals surface area contributed by atoms with Crippen LogP contribution in [-0.2, 0) is 14.6 Å². The zero-order valence-corrected chi connectivity index (χ0v) is 7.87. The van der Waals surface area contributed by atoms with Crippen LogP contribution in [0.4, 0.5) is 0 Å². The molecule has 0 bridgehead atoms. The molecule has 1 unspecified atom stereocenters. The van der Waals surface area contributed by atoms with Gasteiger partial charge in [0.1, 0.15) is 0 Å². The van der Waals surface area contributed by atoms with Crippen LogP contribution < -0.4 is 0 Å². The zero-order chi connectivity index (χ0) is 8.48. The molecule has 3 nitrogen and oxygen atoms in total. The van der Waals surface area contributed by atoms with Gasteiger partial charge in [-0.2, -0.15) is 0 Å². The Bertz CT molecular complexity index is 255. The van der Waals surface area contributed by atoms with E-state index in [1.165, 1.54) is 6.92 Å². The fourth-order valence-corrected chi connectivity index (χ4v) is 4.38. The van der Waals surface area contributed by atoms with E-state index in [0.29, 0.717) is 6.42 Å². The summed E-state index contributed by atoms with van der Waals surface area (Å²) in [6.07, 6.45) is 0.632. The van der Waals surface area contributed by atoms with Crippen LogP contribution >= 0.6 is 11.8 Å². The average molecular weight is 194 g/mol. The highest BCUT2D eigenvalue weighted by atomic mass is 32.2. The Morgan fingerprint density at radius 1 is 1.55 bits per heavy atom. The van der Waals surface area contributed by atoms with Crippen LogP contribution in [-0.4, -0.2) is 30.3 Å². The predicted octanol–water partition coefficient (Wildman–Crippen LogP) is 0.453. The first kappa shape index (κ1) is 9.06. The molecule has 0 aromatic rings. The zero-order valence-electron chi connectivity index (χ0n) is 6.24. The Labute approximate surface area is 70.5 Å². The minimum atomic E-state index is -2.81. The van der Waals surface area contributed by atoms with Crippen molar-refractivity contribution in [2.45, 2.75) is 18.6 Å². The van der Waals surface area contributed by atoms with Gasteiger partial charge in [0.15, 0.2) is 15.0 Å². The SMILES string of the molecule is CC(=O)SC1CCS(=O)(=O)C1. The Hall–Kier alpha value is -0.0300. The summed E-state index contributed by atoms with van der Waals surface area (Å²) in [7, 11) is -2.81. The Morgan fingerprint density at radius 3 is 2.55 bits per heavy atom. The maximum atomic E-state index is 10.9. The maximum Gasteiger partial charge on any atom is 0.186 e. The van der Waals surface area contributed by atoms with E-state index in [0.717, 1.165) is 11.8 Å². The summed E-state index contributed by atoms with van der Waals surface area (Å²) >= 11 is 1.15. The Balaban J connectivity index is 2.49. The quantitative estimate of drug-likeness (QED) is 0.608. The number of rotatable bonds is 1. The van der Waals surface area contributed by atoms with Crippen molar-refractivity contribution in [1.29, 1.82) is 0 Å². The lowest BCUT2D eigenvalue weighted by atomic mass is 10.4. The van der Waals surface area contributed by atoms with Crippen molar-refractivity contribution < 1.29 is 13.2 Å². The summed E-state index contributed by atoms with van der Waals surface area (Å²) < 4.78 is 21.8. The number of carbonyl (C=O) groups excluding carboxylic acids is 1. The standard InChI is InChI=1S/C6H10O3S2/c1-5(7)10-6-2-3-11(8,9)4-6/h6H,2-4H2,1H3. The van der Waals surface area contributed by atoms with E-state index < -0.39 is 9.84 Å². The molecule has 5 heteroatoms. The van der Waals surface area contributed by atoms with Crippen LogP contribution in [0.3, 0.4) is 0 Å². The minimum Gasteiger partial charge on any atom is -0.288 e. The van der Waals surface area contributed by atoms with Crippen molar-refractivity contribution in [2.24, 2.45) is 0 Å². The number of thioether (sulfide) groups is 1. The largest absolute Gasteiger partial charge is 0.288 e. The molecule has 0 aromatic heterocycles. The number of hydrogen-bond donors (Lipinski definition) is 0. The molecule has 0 spiro atoms. The first-order chi connectivity index (χ1) is 4.99. The topological polar surface area (TPSA) is 51.2 Å². The molecule has 1 atom stereocenters. The molecular formula is C6H10O3S2. The monoisotopic (exact) mass is 194 g/mol. The highest BCUT2D eigenvalue weighted by molar-refractivity contribution is 8.14. The smallest absolute Gasteiger partial charge is 0.186 e. The third-order valence-electron chi connectivity index (χ3n) is 1.52. The fraction of sp³-hybridized carbons (Fsp3) is 0.833. The van der Waals surface area contributed by atoms with Crippen LogP contribution in [0.15, 0.2) is 0 Å². The van der Waals surface area contributed by atoms with Gasteiger partial charge in [-0.1, -0.05) is 11.8 Å². The number of sulfone groups is 1. The molecule has 1 saturated heterocycles. The molecule has 0 saturated carbocycles. The van der Waals surface area contributed by atoms with Gasteiger partial charge in [0, 0.05) is 12.2 Å². The maximum absolute atomic E-state index is 10.9. The van der Waals surface area contributed by atoms with Gasteiger partial charge in [0.05, 0.1) is 11.5 Å². The van der Waals surface area contributed by atoms with E-state index in [2.05, 4.69) is 0 Å². The van der Waals surface area contributed by atoms with Gasteiger partial charge < -0.3 is 0 Å². The molecule has 1 fully saturated rings. The van der Waals surface area contributed by atoms with Gasteiger partial charge in [0.25, 0.3) is 0 Å². The van der Waals surface area contributed by atoms with Crippen molar-refractivity contribution in [3.8, 4) is 0 Å². The molecule has 64 valence electrons. The Morgan fingerprint density at radius 2 is 2.18 bits per heavy atom. The normalized spacial score (nSPS) is 28.6. The van der Waals surface area contributed by atoms with Crippen LogP contribution in [0, 0.1) is 0 Å². The van der Waals surface area contributed by atoms with Gasteiger partial charge in [-0.25, -0.2) is 8.42 Å². The van der Waals surface area contributed by atoms with E-state index in [1.54, 1.807) is 0 Å². The molecule has 0 amide bonds. The van der Waals surface area contributed by atoms with Crippen molar-refractivity contribution in [3.63, 3.8) is 0 Å². The van der Waals surface area contributed by atoms with Gasteiger partial charge in [-0.3, -0.25) is 4.79 Å². The Kier molecular flexibility index (Phi) is 2.59. The van der Waals surface area contributed by atoms with E-state index in [4.69, 9.17) is 0 Å². The molecule has 1 heterocycles. The molecule has 0 aromatic carbocycles. The highest BCUT2D eigenvalue weighted by Gasteiger charge is 2.28. The van der Waals surface area contributed by atoms with E-state index >= 15 is 0 Å². The summed E-state index contributed by atoms with van der Waals surface area (Å²) in [5, 5.41) is 0.0181. The lowest BCUT2D eigenvalue weighted by molar-refractivity contribution is -0.109. The fourth-order valence-electron chi connectivity index (χ4n) is 1.09. The van der Waals surface area contributed by atoms with Crippen molar-refractivity contribution in [1.82, 2.24) is 0 Å². The lowest BCUT2D eigenvalue weighted by Crippen LogP contribution is -2.07. The molecular weight excluding hydrogens is 184 g/mol. The second-order valence-corrected chi connectivity index (χ2v) is 6.34. The van der Waals surface area contributed by atoms with Crippen LogP contribution in [0.25, 0.3) is 0 Å². The van der Waals surface area contributed by atoms with Gasteiger partial charge in [-0.05, 0) is 6.42 Å². The van der Waals surface area contributed by atoms with Gasteiger partial charge in [-0.15, -0.1) is 0 Å². The molecule has 0 radical (unpaired) electrons. The van der Waals surface area contributed by atoms with E-state index in [9.17, 15) is 13.2 Å². The summed E-state index contributed by atoms with van der Waals surface area (Å²) in [5.74, 6) is 0.426. The van der Waals surface area contributed by atoms with Crippen molar-refractivity contribution >= 4 is 26.7 Å². The summed E-state index contributed by atoms with van der Waals surface area (Å²) in [4.78, 5) is 10.6. The summed E-state index contributed by atoms with van der Waals surface area (Å²) in [6.45, 7) is 1.47. The molecule has 1 aliphatic heterocycles. The van der Waals surface area contributed by atoms with Crippen molar-refractivity contribution in [3.05, 3.63) is 0 Å². The first-order valence-electron chi connectivity index (χ1n) is 3.37. The van der Waals surface area contributed by atoms with Crippen LogP contribution in [0.1, 0.15) is 13.3 Å². The molecule has 0 aliphatic carbocycles. The second-order valence-electron chi connectivity index (χ2n) is 2.63. The average Bonchev–Trinajstić information content (AvgIpc) is 2.08. The van der Waals surface area contributed by atoms with Gasteiger partial charge in [0.2, 0.25) is 0 Å². The molecule has 11 heavy (non-hydrogen) atoms. The third-order valence-corrected chi connectivity index (χ3v) is 4.57. The number of hydrogen-bond acceptors (Lipinski definition) is 4. The second kappa shape index (κ2) is 3.15.